The smallest absolute Gasteiger partial charge is 0.410 e. The molecule has 1 aliphatic heterocycles. The molecule has 0 bridgehead atoms. The van der Waals surface area contributed by atoms with Crippen LogP contribution in [0.15, 0.2) is 0 Å². The SMILES string of the molecule is C[Si](C)OC(C1CN1C(=O)OC(C)(C)C)C(C)(C)C. The molecule has 0 N–H and O–H groups in total. The summed E-state index contributed by atoms with van der Waals surface area (Å²) < 4.78 is 11.5. The minimum absolute atomic E-state index is 0.0311. The molecule has 0 aliphatic carbocycles. The van der Waals surface area contributed by atoms with E-state index in [-0.39, 0.29) is 23.7 Å². The van der Waals surface area contributed by atoms with Crippen LogP contribution in [0, 0.1) is 5.41 Å². The highest BCUT2D eigenvalue weighted by Crippen LogP contribution is 2.35. The molecule has 5 heteroatoms. The Hall–Kier alpha value is -0.553. The first-order valence-electron chi connectivity index (χ1n) is 6.88. The van der Waals surface area contributed by atoms with E-state index in [2.05, 4.69) is 33.9 Å². The molecule has 1 rings (SSSR count). The van der Waals surface area contributed by atoms with E-state index < -0.39 is 14.6 Å². The highest BCUT2D eigenvalue weighted by Gasteiger charge is 2.50. The molecule has 0 spiro atoms. The monoisotopic (exact) mass is 286 g/mol. The Morgan fingerprint density at radius 1 is 1.21 bits per heavy atom. The molecule has 1 amide bonds. The highest BCUT2D eigenvalue weighted by atomic mass is 28.3. The van der Waals surface area contributed by atoms with Crippen molar-refractivity contribution in [2.24, 2.45) is 5.41 Å². The van der Waals surface area contributed by atoms with Crippen molar-refractivity contribution in [2.75, 3.05) is 6.54 Å². The van der Waals surface area contributed by atoms with Gasteiger partial charge in [0.25, 0.3) is 0 Å². The number of hydrogen-bond acceptors (Lipinski definition) is 3. The predicted molar refractivity (Wildman–Crippen MR) is 78.5 cm³/mol. The van der Waals surface area contributed by atoms with Gasteiger partial charge in [-0.15, -0.1) is 0 Å². The zero-order valence-electron chi connectivity index (χ0n) is 13.5. The fraction of sp³-hybridized carbons (Fsp3) is 0.929. The van der Waals surface area contributed by atoms with Gasteiger partial charge in [0.15, 0.2) is 0 Å². The number of nitrogens with zero attached hydrogens (tertiary/aromatic N) is 1. The molecule has 4 nitrogen and oxygen atoms in total. The van der Waals surface area contributed by atoms with Crippen LogP contribution in [0.3, 0.4) is 0 Å². The molecule has 1 radical (unpaired) electrons. The number of carbonyl (C=O) groups is 1. The van der Waals surface area contributed by atoms with Gasteiger partial charge >= 0.3 is 6.09 Å². The Balaban J connectivity index is 2.64. The molecule has 1 saturated heterocycles. The number of hydrogen-bond donors (Lipinski definition) is 0. The molecule has 0 aromatic rings. The topological polar surface area (TPSA) is 38.5 Å². The molecule has 1 fully saturated rings. The fourth-order valence-electron chi connectivity index (χ4n) is 2.03. The third-order valence-electron chi connectivity index (χ3n) is 2.84. The minimum Gasteiger partial charge on any atom is -0.444 e. The Bertz CT molecular complexity index is 331. The van der Waals surface area contributed by atoms with Crippen molar-refractivity contribution in [1.82, 2.24) is 4.90 Å². The summed E-state index contributed by atoms with van der Waals surface area (Å²) >= 11 is 0. The van der Waals surface area contributed by atoms with Gasteiger partial charge in [-0.25, -0.2) is 4.79 Å². The van der Waals surface area contributed by atoms with Gasteiger partial charge in [0, 0.05) is 6.54 Å². The summed E-state index contributed by atoms with van der Waals surface area (Å²) in [5.41, 5.74) is -0.407. The molecular weight excluding hydrogens is 258 g/mol. The zero-order chi connectivity index (χ0) is 15.0. The van der Waals surface area contributed by atoms with E-state index in [1.165, 1.54) is 0 Å². The summed E-state index contributed by atoms with van der Waals surface area (Å²) in [4.78, 5) is 13.8. The number of amides is 1. The third-order valence-corrected chi connectivity index (χ3v) is 3.57. The van der Waals surface area contributed by atoms with Crippen LogP contribution in [-0.4, -0.2) is 44.3 Å². The van der Waals surface area contributed by atoms with Crippen molar-refractivity contribution in [3.63, 3.8) is 0 Å². The summed E-state index contributed by atoms with van der Waals surface area (Å²) in [5, 5.41) is 0. The van der Waals surface area contributed by atoms with Crippen molar-refractivity contribution in [3.8, 4) is 0 Å². The summed E-state index contributed by atoms with van der Waals surface area (Å²) in [5.74, 6) is 0. The lowest BCUT2D eigenvalue weighted by Crippen LogP contribution is -2.40. The average Bonchev–Trinajstić information content (AvgIpc) is 2.88. The Morgan fingerprint density at radius 3 is 2.11 bits per heavy atom. The lowest BCUT2D eigenvalue weighted by Gasteiger charge is -2.32. The van der Waals surface area contributed by atoms with E-state index >= 15 is 0 Å². The van der Waals surface area contributed by atoms with Gasteiger partial charge in [-0.2, -0.15) is 0 Å². The van der Waals surface area contributed by atoms with Gasteiger partial charge in [-0.3, -0.25) is 4.90 Å². The minimum atomic E-state index is -0.782. The van der Waals surface area contributed by atoms with Crippen molar-refractivity contribution in [2.45, 2.75) is 72.4 Å². The Labute approximate surface area is 119 Å². The number of ether oxygens (including phenoxy) is 1. The van der Waals surface area contributed by atoms with Crippen molar-refractivity contribution in [1.29, 1.82) is 0 Å². The zero-order valence-corrected chi connectivity index (χ0v) is 14.5. The maximum Gasteiger partial charge on any atom is 0.410 e. The van der Waals surface area contributed by atoms with Crippen LogP contribution in [-0.2, 0) is 9.16 Å². The largest absolute Gasteiger partial charge is 0.444 e. The molecule has 2 atom stereocenters. The Kier molecular flexibility index (Phi) is 4.73. The number of carbonyl (C=O) groups excluding carboxylic acids is 1. The molecule has 111 valence electrons. The van der Waals surface area contributed by atoms with Gasteiger partial charge in [0.2, 0.25) is 9.04 Å². The first-order chi connectivity index (χ1) is 8.42. The Morgan fingerprint density at radius 2 is 1.74 bits per heavy atom. The molecule has 0 aromatic heterocycles. The van der Waals surface area contributed by atoms with Crippen LogP contribution >= 0.6 is 0 Å². The predicted octanol–water partition coefficient (Wildman–Crippen LogP) is 3.29. The van der Waals surface area contributed by atoms with E-state index in [0.717, 1.165) is 6.54 Å². The van der Waals surface area contributed by atoms with E-state index in [4.69, 9.17) is 9.16 Å². The van der Waals surface area contributed by atoms with Gasteiger partial charge in [-0.1, -0.05) is 20.8 Å². The normalized spacial score (nSPS) is 21.5. The summed E-state index contributed by atoms with van der Waals surface area (Å²) in [6.07, 6.45) is -0.139. The van der Waals surface area contributed by atoms with E-state index in [1.54, 1.807) is 4.90 Å². The van der Waals surface area contributed by atoms with Crippen molar-refractivity contribution in [3.05, 3.63) is 0 Å². The maximum atomic E-state index is 12.0. The van der Waals surface area contributed by atoms with E-state index in [9.17, 15) is 4.79 Å². The second-order valence-corrected chi connectivity index (χ2v) is 9.56. The third kappa shape index (κ3) is 5.14. The maximum absolute atomic E-state index is 12.0. The second kappa shape index (κ2) is 5.44. The molecule has 19 heavy (non-hydrogen) atoms. The quantitative estimate of drug-likeness (QED) is 0.590. The van der Waals surface area contributed by atoms with Crippen LogP contribution in [0.2, 0.25) is 13.1 Å². The van der Waals surface area contributed by atoms with Crippen LogP contribution in [0.25, 0.3) is 0 Å². The van der Waals surface area contributed by atoms with Gasteiger partial charge < -0.3 is 9.16 Å². The fourth-order valence-corrected chi connectivity index (χ4v) is 3.05. The van der Waals surface area contributed by atoms with E-state index in [0.29, 0.717) is 0 Å². The highest BCUT2D eigenvalue weighted by molar-refractivity contribution is 6.48. The first kappa shape index (κ1) is 16.5. The second-order valence-electron chi connectivity index (χ2n) is 7.51. The van der Waals surface area contributed by atoms with Crippen LogP contribution in [0.5, 0.6) is 0 Å². The van der Waals surface area contributed by atoms with Gasteiger partial charge in [0.1, 0.15) is 5.60 Å². The van der Waals surface area contributed by atoms with Crippen LogP contribution < -0.4 is 0 Å². The van der Waals surface area contributed by atoms with Crippen molar-refractivity contribution < 1.29 is 14.0 Å². The lowest BCUT2D eigenvalue weighted by molar-refractivity contribution is 0.0297. The first-order valence-corrected chi connectivity index (χ1v) is 9.29. The van der Waals surface area contributed by atoms with Gasteiger partial charge in [0.05, 0.1) is 12.1 Å². The average molecular weight is 286 g/mol. The molecular formula is C14H28NO3Si. The summed E-state index contributed by atoms with van der Waals surface area (Å²) in [6.45, 7) is 17.1. The van der Waals surface area contributed by atoms with Gasteiger partial charge in [-0.05, 0) is 39.3 Å². The standard InChI is InChI=1S/C14H28NO3Si/c1-13(2,3)11(18-19(7)8)10-9-15(10)12(16)17-14(4,5)6/h10-11H,9H2,1-8H3. The summed E-state index contributed by atoms with van der Waals surface area (Å²) in [6, 6.07) is 0.162. The van der Waals surface area contributed by atoms with Crippen molar-refractivity contribution >= 4 is 15.1 Å². The molecule has 2 unspecified atom stereocenters. The molecule has 0 aromatic carbocycles. The van der Waals surface area contributed by atoms with Crippen LogP contribution in [0.4, 0.5) is 4.79 Å². The summed E-state index contributed by atoms with van der Waals surface area (Å²) in [7, 11) is -0.782. The lowest BCUT2D eigenvalue weighted by atomic mass is 9.87. The number of rotatable bonds is 3. The van der Waals surface area contributed by atoms with E-state index in [1.807, 2.05) is 20.8 Å². The van der Waals surface area contributed by atoms with Crippen LogP contribution in [0.1, 0.15) is 41.5 Å². The molecule has 0 saturated carbocycles. The molecule has 1 aliphatic rings. The molecule has 1 heterocycles.